The van der Waals surface area contributed by atoms with Crippen molar-refractivity contribution in [3.63, 3.8) is 0 Å². The van der Waals surface area contributed by atoms with E-state index in [1.807, 2.05) is 18.2 Å². The molecule has 0 radical (unpaired) electrons. The molecule has 1 amide bonds. The van der Waals surface area contributed by atoms with Crippen LogP contribution in [0.5, 0.6) is 0 Å². The third-order valence-electron chi connectivity index (χ3n) is 4.75. The molecule has 25 heavy (non-hydrogen) atoms. The average Bonchev–Trinajstić information content (AvgIpc) is 2.97. The summed E-state index contributed by atoms with van der Waals surface area (Å²) < 4.78 is 4.27. The molecule has 0 atom stereocenters. The predicted octanol–water partition coefficient (Wildman–Crippen LogP) is 5.11. The third kappa shape index (κ3) is 3.23. The number of fused-ring (bicyclic) bond motifs is 2. The number of carbonyl (C=O) groups excluding carboxylic acids is 1. The number of nitrogens with zero attached hydrogens (tertiary/aromatic N) is 2. The third-order valence-corrected chi connectivity index (χ3v) is 6.29. The molecule has 1 aromatic heterocycles. The van der Waals surface area contributed by atoms with E-state index < -0.39 is 0 Å². The minimum absolute atomic E-state index is 0.152. The van der Waals surface area contributed by atoms with E-state index in [4.69, 9.17) is 0 Å². The van der Waals surface area contributed by atoms with E-state index in [1.165, 1.54) is 24.0 Å². The topological polar surface area (TPSA) is 34.4 Å². The highest BCUT2D eigenvalue weighted by Crippen LogP contribution is 2.24. The lowest BCUT2D eigenvalue weighted by Gasteiger charge is -2.15. The van der Waals surface area contributed by atoms with Crippen LogP contribution in [0.25, 0.3) is 10.2 Å². The summed E-state index contributed by atoms with van der Waals surface area (Å²) in [5, 5.41) is 0. The Balaban J connectivity index is 1.77. The number of hydrogen-bond donors (Lipinski definition) is 0. The molecule has 1 heterocycles. The van der Waals surface area contributed by atoms with Gasteiger partial charge in [0.25, 0.3) is 5.91 Å². The van der Waals surface area contributed by atoms with E-state index in [9.17, 15) is 4.79 Å². The number of hydrogen-bond acceptors (Lipinski definition) is 2. The normalized spacial score (nSPS) is 14.7. The molecule has 1 aliphatic rings. The van der Waals surface area contributed by atoms with Crippen molar-refractivity contribution in [3.05, 3.63) is 62.4 Å². The lowest BCUT2D eigenvalue weighted by Crippen LogP contribution is -2.16. The van der Waals surface area contributed by atoms with Crippen molar-refractivity contribution in [1.82, 2.24) is 4.57 Å². The largest absolute Gasteiger partial charge is 0.317 e. The van der Waals surface area contributed by atoms with Crippen LogP contribution >= 0.6 is 27.3 Å². The SMILES string of the molecule is CCn1c(=NC(=O)c2ccc3c(c2)CCCC3)sc2cc(Br)ccc21. The molecule has 1 aliphatic carbocycles. The zero-order valence-electron chi connectivity index (χ0n) is 14.1. The maximum absolute atomic E-state index is 12.7. The molecule has 0 N–H and O–H groups in total. The van der Waals surface area contributed by atoms with Gasteiger partial charge < -0.3 is 4.57 Å². The molecule has 3 aromatic rings. The van der Waals surface area contributed by atoms with Crippen LogP contribution in [0.2, 0.25) is 0 Å². The summed E-state index contributed by atoms with van der Waals surface area (Å²) in [6.07, 6.45) is 4.66. The highest BCUT2D eigenvalue weighted by Gasteiger charge is 2.13. The van der Waals surface area contributed by atoms with Crippen molar-refractivity contribution in [2.75, 3.05) is 0 Å². The number of aromatic nitrogens is 1. The van der Waals surface area contributed by atoms with E-state index in [0.717, 1.165) is 38.9 Å². The van der Waals surface area contributed by atoms with Gasteiger partial charge in [0.2, 0.25) is 0 Å². The van der Waals surface area contributed by atoms with Crippen LogP contribution in [0.3, 0.4) is 0 Å². The van der Waals surface area contributed by atoms with Gasteiger partial charge in [-0.2, -0.15) is 4.99 Å². The number of rotatable bonds is 2. The molecule has 3 nitrogen and oxygen atoms in total. The fourth-order valence-corrected chi connectivity index (χ4v) is 5.10. The number of aryl methyl sites for hydroxylation is 3. The van der Waals surface area contributed by atoms with Gasteiger partial charge in [0, 0.05) is 16.6 Å². The molecule has 4 rings (SSSR count). The Morgan fingerprint density at radius 2 is 1.96 bits per heavy atom. The zero-order chi connectivity index (χ0) is 17.4. The summed E-state index contributed by atoms with van der Waals surface area (Å²) in [4.78, 5) is 17.9. The quantitative estimate of drug-likeness (QED) is 0.573. The van der Waals surface area contributed by atoms with Gasteiger partial charge in [0.1, 0.15) is 0 Å². The zero-order valence-corrected chi connectivity index (χ0v) is 16.5. The summed E-state index contributed by atoms with van der Waals surface area (Å²) >= 11 is 5.07. The summed E-state index contributed by atoms with van der Waals surface area (Å²) in [7, 11) is 0. The van der Waals surface area contributed by atoms with Gasteiger partial charge in [-0.05, 0) is 74.1 Å². The van der Waals surface area contributed by atoms with Crippen molar-refractivity contribution in [2.24, 2.45) is 4.99 Å². The fourth-order valence-electron chi connectivity index (χ4n) is 3.46. The maximum atomic E-state index is 12.7. The molecule has 0 aliphatic heterocycles. The molecule has 0 spiro atoms. The summed E-state index contributed by atoms with van der Waals surface area (Å²) in [6, 6.07) is 12.2. The number of amides is 1. The van der Waals surface area contributed by atoms with E-state index in [0.29, 0.717) is 5.56 Å². The van der Waals surface area contributed by atoms with Crippen LogP contribution in [0.15, 0.2) is 45.9 Å². The van der Waals surface area contributed by atoms with Crippen LogP contribution in [-0.4, -0.2) is 10.5 Å². The molecule has 5 heteroatoms. The Labute approximate surface area is 159 Å². The van der Waals surface area contributed by atoms with Gasteiger partial charge in [-0.15, -0.1) is 0 Å². The summed E-state index contributed by atoms with van der Waals surface area (Å²) in [5.74, 6) is -0.152. The van der Waals surface area contributed by atoms with Crippen molar-refractivity contribution in [1.29, 1.82) is 0 Å². The van der Waals surface area contributed by atoms with Gasteiger partial charge >= 0.3 is 0 Å². The molecule has 0 saturated heterocycles. The molecule has 128 valence electrons. The average molecular weight is 415 g/mol. The van der Waals surface area contributed by atoms with Gasteiger partial charge in [-0.25, -0.2) is 0 Å². The Kier molecular flexibility index (Phi) is 4.61. The van der Waals surface area contributed by atoms with E-state index in [2.05, 4.69) is 50.6 Å². The lowest BCUT2D eigenvalue weighted by molar-refractivity contribution is 0.0997. The second kappa shape index (κ2) is 6.89. The predicted molar refractivity (Wildman–Crippen MR) is 106 cm³/mol. The van der Waals surface area contributed by atoms with Crippen molar-refractivity contribution in [2.45, 2.75) is 39.2 Å². The lowest BCUT2D eigenvalue weighted by atomic mass is 9.90. The highest BCUT2D eigenvalue weighted by molar-refractivity contribution is 9.10. The molecular weight excluding hydrogens is 396 g/mol. The second-order valence-electron chi connectivity index (χ2n) is 6.35. The van der Waals surface area contributed by atoms with Gasteiger partial charge in [-0.1, -0.05) is 33.3 Å². The molecular formula is C20H19BrN2OS. The van der Waals surface area contributed by atoms with Crippen molar-refractivity contribution < 1.29 is 4.79 Å². The van der Waals surface area contributed by atoms with E-state index in [-0.39, 0.29) is 5.91 Å². The Morgan fingerprint density at radius 1 is 1.16 bits per heavy atom. The van der Waals surface area contributed by atoms with Crippen molar-refractivity contribution in [3.8, 4) is 0 Å². The number of thiazole rings is 1. The van der Waals surface area contributed by atoms with Gasteiger partial charge in [-0.3, -0.25) is 4.79 Å². The van der Waals surface area contributed by atoms with E-state index in [1.54, 1.807) is 11.3 Å². The Bertz CT molecular complexity index is 1030. The van der Waals surface area contributed by atoms with Crippen LogP contribution in [0, 0.1) is 0 Å². The van der Waals surface area contributed by atoms with Gasteiger partial charge in [0.15, 0.2) is 4.80 Å². The fraction of sp³-hybridized carbons (Fsp3) is 0.300. The highest BCUT2D eigenvalue weighted by atomic mass is 79.9. The minimum atomic E-state index is -0.152. The number of carbonyl (C=O) groups is 1. The second-order valence-corrected chi connectivity index (χ2v) is 8.27. The first-order valence-electron chi connectivity index (χ1n) is 8.65. The summed E-state index contributed by atoms with van der Waals surface area (Å²) in [5.41, 5.74) is 4.52. The molecule has 0 fully saturated rings. The van der Waals surface area contributed by atoms with Crippen LogP contribution < -0.4 is 4.80 Å². The number of benzene rings is 2. The molecule has 2 aromatic carbocycles. The minimum Gasteiger partial charge on any atom is -0.317 e. The van der Waals surface area contributed by atoms with Crippen molar-refractivity contribution >= 4 is 43.4 Å². The first-order valence-corrected chi connectivity index (χ1v) is 10.3. The van der Waals surface area contributed by atoms with Crippen LogP contribution in [0.4, 0.5) is 0 Å². The first-order chi connectivity index (χ1) is 12.2. The molecule has 0 unspecified atom stereocenters. The molecule has 0 bridgehead atoms. The summed E-state index contributed by atoms with van der Waals surface area (Å²) in [6.45, 7) is 2.87. The Morgan fingerprint density at radius 3 is 2.76 bits per heavy atom. The standard InChI is InChI=1S/C20H19BrN2OS/c1-2-23-17-10-9-16(21)12-18(17)25-20(23)22-19(24)15-8-7-13-5-3-4-6-14(13)11-15/h7-12H,2-6H2,1H3. The maximum Gasteiger partial charge on any atom is 0.279 e. The van der Waals surface area contributed by atoms with Gasteiger partial charge in [0.05, 0.1) is 10.2 Å². The Hall–Kier alpha value is -1.72. The van der Waals surface area contributed by atoms with Crippen LogP contribution in [0.1, 0.15) is 41.3 Å². The first kappa shape index (κ1) is 16.7. The smallest absolute Gasteiger partial charge is 0.279 e. The van der Waals surface area contributed by atoms with Crippen LogP contribution in [-0.2, 0) is 19.4 Å². The number of halogens is 1. The molecule has 0 saturated carbocycles. The van der Waals surface area contributed by atoms with E-state index >= 15 is 0 Å². The monoisotopic (exact) mass is 414 g/mol.